The Morgan fingerprint density at radius 2 is 1.95 bits per heavy atom. The molecule has 0 aromatic heterocycles. The molecule has 7 heteroatoms. The van der Waals surface area contributed by atoms with Crippen molar-refractivity contribution in [3.8, 4) is 0 Å². The highest BCUT2D eigenvalue weighted by Crippen LogP contribution is 2.24. The zero-order chi connectivity index (χ0) is 13.8. The molecule has 0 aromatic rings. The molecule has 1 unspecified atom stereocenters. The summed E-state index contributed by atoms with van der Waals surface area (Å²) in [5.41, 5.74) is 0. The Morgan fingerprint density at radius 3 is 2.50 bits per heavy atom. The lowest BCUT2D eigenvalue weighted by atomic mass is 10.0. The van der Waals surface area contributed by atoms with Crippen LogP contribution in [-0.4, -0.2) is 65.5 Å². The van der Waals surface area contributed by atoms with Crippen molar-refractivity contribution >= 4 is 36.0 Å². The molecule has 116 valence electrons. The molecule has 1 N–H and O–H groups in total. The van der Waals surface area contributed by atoms with Crippen LogP contribution in [0.3, 0.4) is 0 Å². The summed E-state index contributed by atoms with van der Waals surface area (Å²) in [5.74, 6) is 1.64. The van der Waals surface area contributed by atoms with E-state index in [2.05, 4.69) is 5.32 Å². The van der Waals surface area contributed by atoms with Gasteiger partial charge in [0, 0.05) is 31.3 Å². The molecule has 0 aliphatic carbocycles. The van der Waals surface area contributed by atoms with Crippen LogP contribution >= 0.6 is 24.2 Å². The number of hydrogen-bond donors (Lipinski definition) is 1. The fourth-order valence-electron chi connectivity index (χ4n) is 2.70. The van der Waals surface area contributed by atoms with Crippen molar-refractivity contribution in [1.82, 2.24) is 15.1 Å². The second-order valence-corrected chi connectivity index (χ2v) is 6.12. The number of carbonyl (C=O) groups is 2. The number of rotatable bonds is 3. The number of nitrogens with one attached hydrogen (secondary N) is 1. The molecular weight excluding hydrogens is 298 g/mol. The van der Waals surface area contributed by atoms with E-state index in [-0.39, 0.29) is 30.3 Å². The predicted octanol–water partition coefficient (Wildman–Crippen LogP) is 0.930. The smallest absolute Gasteiger partial charge is 0.246 e. The Morgan fingerprint density at radius 1 is 1.30 bits per heavy atom. The molecule has 2 saturated heterocycles. The molecule has 5 nitrogen and oxygen atoms in total. The first kappa shape index (κ1) is 17.6. The lowest BCUT2D eigenvalue weighted by Gasteiger charge is -2.35. The summed E-state index contributed by atoms with van der Waals surface area (Å²) in [6.07, 6.45) is 2.49. The first-order valence-corrected chi connectivity index (χ1v) is 8.16. The van der Waals surface area contributed by atoms with E-state index < -0.39 is 0 Å². The summed E-state index contributed by atoms with van der Waals surface area (Å²) in [7, 11) is 1.97. The third-order valence-electron chi connectivity index (χ3n) is 4.01. The Bertz CT molecular complexity index is 349. The topological polar surface area (TPSA) is 52.7 Å². The fraction of sp³-hybridized carbons (Fsp3) is 0.846. The van der Waals surface area contributed by atoms with Gasteiger partial charge in [0.1, 0.15) is 6.04 Å². The second kappa shape index (κ2) is 8.10. The van der Waals surface area contributed by atoms with Crippen LogP contribution in [0.4, 0.5) is 0 Å². The van der Waals surface area contributed by atoms with Crippen LogP contribution in [0.25, 0.3) is 0 Å². The molecular formula is C13H24ClN3O2S. The maximum atomic E-state index is 12.5. The number of thioether (sulfide) groups is 1. The lowest BCUT2D eigenvalue weighted by molar-refractivity contribution is -0.144. The summed E-state index contributed by atoms with van der Waals surface area (Å²) in [4.78, 5) is 28.0. The lowest BCUT2D eigenvalue weighted by Crippen LogP contribution is -2.52. The van der Waals surface area contributed by atoms with E-state index >= 15 is 0 Å². The van der Waals surface area contributed by atoms with Crippen molar-refractivity contribution in [2.24, 2.45) is 0 Å². The van der Waals surface area contributed by atoms with E-state index in [1.807, 2.05) is 18.9 Å². The molecule has 2 amide bonds. The standard InChI is InChI=1S/C13H23N3O2S.ClH/c1-3-12(17)16-9-19-8-11(16)13(18)15-6-4-10(14-2)5-7-15;/h10-11,14H,3-9H2,1-2H3;1H. The van der Waals surface area contributed by atoms with Gasteiger partial charge in [0.05, 0.1) is 5.88 Å². The molecule has 0 spiro atoms. The van der Waals surface area contributed by atoms with Gasteiger partial charge in [-0.1, -0.05) is 6.92 Å². The van der Waals surface area contributed by atoms with Gasteiger partial charge in [-0.2, -0.15) is 0 Å². The second-order valence-electron chi connectivity index (χ2n) is 5.12. The van der Waals surface area contributed by atoms with Crippen LogP contribution in [0.2, 0.25) is 0 Å². The van der Waals surface area contributed by atoms with Gasteiger partial charge >= 0.3 is 0 Å². The van der Waals surface area contributed by atoms with Crippen LogP contribution in [0.15, 0.2) is 0 Å². The minimum Gasteiger partial charge on any atom is -0.341 e. The van der Waals surface area contributed by atoms with Gasteiger partial charge in [0.15, 0.2) is 0 Å². The van der Waals surface area contributed by atoms with E-state index in [4.69, 9.17) is 0 Å². The first-order valence-electron chi connectivity index (χ1n) is 7.00. The molecule has 20 heavy (non-hydrogen) atoms. The Labute approximate surface area is 131 Å². The summed E-state index contributed by atoms with van der Waals surface area (Å²) in [5, 5.41) is 3.26. The van der Waals surface area contributed by atoms with Crippen molar-refractivity contribution in [2.75, 3.05) is 31.8 Å². The Balaban J connectivity index is 0.00000200. The van der Waals surface area contributed by atoms with Crippen molar-refractivity contribution < 1.29 is 9.59 Å². The summed E-state index contributed by atoms with van der Waals surface area (Å²) in [6, 6.07) is 0.291. The molecule has 1 atom stereocenters. The van der Waals surface area contributed by atoms with E-state index in [1.165, 1.54) is 0 Å². The molecule has 0 aromatic carbocycles. The SMILES string of the molecule is CCC(=O)N1CSCC1C(=O)N1CCC(NC)CC1.Cl. The van der Waals surface area contributed by atoms with Gasteiger partial charge in [-0.05, 0) is 19.9 Å². The van der Waals surface area contributed by atoms with Gasteiger partial charge < -0.3 is 15.1 Å². The molecule has 0 bridgehead atoms. The molecule has 0 radical (unpaired) electrons. The minimum atomic E-state index is -0.233. The summed E-state index contributed by atoms with van der Waals surface area (Å²) >= 11 is 1.68. The van der Waals surface area contributed by atoms with Crippen LogP contribution in [0.1, 0.15) is 26.2 Å². The zero-order valence-electron chi connectivity index (χ0n) is 12.1. The summed E-state index contributed by atoms with van der Waals surface area (Å²) < 4.78 is 0. The first-order chi connectivity index (χ1) is 9.17. The molecule has 2 fully saturated rings. The average molecular weight is 322 g/mol. The molecule has 2 heterocycles. The van der Waals surface area contributed by atoms with E-state index in [1.54, 1.807) is 16.7 Å². The van der Waals surface area contributed by atoms with Crippen LogP contribution in [-0.2, 0) is 9.59 Å². The highest BCUT2D eigenvalue weighted by atomic mass is 35.5. The number of amides is 2. The van der Waals surface area contributed by atoms with Gasteiger partial charge in [-0.25, -0.2) is 0 Å². The predicted molar refractivity (Wildman–Crippen MR) is 84.2 cm³/mol. The average Bonchev–Trinajstić information content (AvgIpc) is 2.95. The highest BCUT2D eigenvalue weighted by molar-refractivity contribution is 7.99. The van der Waals surface area contributed by atoms with Gasteiger partial charge in [0.2, 0.25) is 11.8 Å². The number of halogens is 1. The molecule has 2 rings (SSSR count). The monoisotopic (exact) mass is 321 g/mol. The van der Waals surface area contributed by atoms with E-state index in [0.717, 1.165) is 31.7 Å². The number of piperidine rings is 1. The van der Waals surface area contributed by atoms with Crippen molar-refractivity contribution in [3.05, 3.63) is 0 Å². The maximum Gasteiger partial charge on any atom is 0.246 e. The normalized spacial score (nSPS) is 23.6. The molecule has 0 saturated carbocycles. The zero-order valence-corrected chi connectivity index (χ0v) is 13.8. The molecule has 2 aliphatic heterocycles. The maximum absolute atomic E-state index is 12.5. The number of likely N-dealkylation sites (tertiary alicyclic amines) is 1. The van der Waals surface area contributed by atoms with Crippen LogP contribution < -0.4 is 5.32 Å². The largest absolute Gasteiger partial charge is 0.341 e. The van der Waals surface area contributed by atoms with Crippen molar-refractivity contribution in [3.63, 3.8) is 0 Å². The third-order valence-corrected chi connectivity index (χ3v) is 5.02. The minimum absolute atomic E-state index is 0. The Kier molecular flexibility index (Phi) is 7.12. The van der Waals surface area contributed by atoms with E-state index in [9.17, 15) is 9.59 Å². The van der Waals surface area contributed by atoms with Crippen LogP contribution in [0, 0.1) is 0 Å². The third kappa shape index (κ3) is 3.80. The van der Waals surface area contributed by atoms with Crippen LogP contribution in [0.5, 0.6) is 0 Å². The molecule has 2 aliphatic rings. The number of hydrogen-bond acceptors (Lipinski definition) is 4. The highest BCUT2D eigenvalue weighted by Gasteiger charge is 2.37. The van der Waals surface area contributed by atoms with Crippen molar-refractivity contribution in [2.45, 2.75) is 38.3 Å². The summed E-state index contributed by atoms with van der Waals surface area (Å²) in [6.45, 7) is 3.46. The quantitative estimate of drug-likeness (QED) is 0.840. The van der Waals surface area contributed by atoms with Gasteiger partial charge in [0.25, 0.3) is 0 Å². The van der Waals surface area contributed by atoms with E-state index in [0.29, 0.717) is 18.3 Å². The Hall–Kier alpha value is -0.460. The van der Waals surface area contributed by atoms with Gasteiger partial charge in [-0.3, -0.25) is 9.59 Å². The fourth-order valence-corrected chi connectivity index (χ4v) is 3.87. The van der Waals surface area contributed by atoms with Gasteiger partial charge in [-0.15, -0.1) is 24.2 Å². The van der Waals surface area contributed by atoms with Crippen molar-refractivity contribution in [1.29, 1.82) is 0 Å². The number of carbonyl (C=O) groups excluding carboxylic acids is 2. The number of nitrogens with zero attached hydrogens (tertiary/aromatic N) is 2.